The van der Waals surface area contributed by atoms with Crippen LogP contribution >= 0.6 is 0 Å². The van der Waals surface area contributed by atoms with Crippen LogP contribution in [0.2, 0.25) is 0 Å². The lowest BCUT2D eigenvalue weighted by molar-refractivity contribution is -0.133. The van der Waals surface area contributed by atoms with Crippen molar-refractivity contribution in [3.63, 3.8) is 0 Å². The number of aromatic nitrogens is 1. The highest BCUT2D eigenvalue weighted by Gasteiger charge is 2.19. The van der Waals surface area contributed by atoms with Crippen LogP contribution in [0.3, 0.4) is 0 Å². The highest BCUT2D eigenvalue weighted by atomic mass is 16.5. The zero-order chi connectivity index (χ0) is 24.7. The maximum absolute atomic E-state index is 13.1. The summed E-state index contributed by atoms with van der Waals surface area (Å²) in [6.45, 7) is 4.47. The van der Waals surface area contributed by atoms with Crippen LogP contribution in [0.5, 0.6) is 5.75 Å². The molecule has 4 bridgehead atoms. The standard InChI is InChI=1S/C26H41N3O6/c1-32-24-18-22-20-28-10-12-33-14-16-35-17-15-34-13-11-29(21-23(19-24)27-22)26(31)9-7-5-3-2-4-6-8-25(28)30/h18-19H,2-17,20-21H2,1H3. The van der Waals surface area contributed by atoms with Crippen LogP contribution in [0.15, 0.2) is 12.1 Å². The zero-order valence-electron chi connectivity index (χ0n) is 21.2. The molecule has 0 fully saturated rings. The number of ether oxygens (including phenoxy) is 4. The van der Waals surface area contributed by atoms with Gasteiger partial charge in [0.2, 0.25) is 11.8 Å². The lowest BCUT2D eigenvalue weighted by Crippen LogP contribution is -2.35. The molecule has 2 aliphatic heterocycles. The van der Waals surface area contributed by atoms with E-state index in [0.29, 0.717) is 84.4 Å². The van der Waals surface area contributed by atoms with Crippen LogP contribution in [-0.2, 0) is 36.9 Å². The zero-order valence-corrected chi connectivity index (χ0v) is 21.2. The van der Waals surface area contributed by atoms with Crippen molar-refractivity contribution in [2.45, 2.75) is 64.5 Å². The van der Waals surface area contributed by atoms with Gasteiger partial charge >= 0.3 is 0 Å². The fraction of sp³-hybridized carbons (Fsp3) is 0.731. The Labute approximate surface area is 209 Å². The average Bonchev–Trinajstić information content (AvgIpc) is 2.85. The summed E-state index contributed by atoms with van der Waals surface area (Å²) < 4.78 is 22.5. The first kappa shape index (κ1) is 27.4. The Hall–Kier alpha value is -2.23. The minimum Gasteiger partial charge on any atom is -0.497 e. The van der Waals surface area contributed by atoms with Crippen molar-refractivity contribution >= 4 is 11.8 Å². The highest BCUT2D eigenvalue weighted by molar-refractivity contribution is 5.76. The third-order valence-electron chi connectivity index (χ3n) is 6.34. The maximum Gasteiger partial charge on any atom is 0.222 e. The Balaban J connectivity index is 1.88. The van der Waals surface area contributed by atoms with E-state index < -0.39 is 0 Å². The fourth-order valence-corrected chi connectivity index (χ4v) is 4.34. The van der Waals surface area contributed by atoms with Crippen LogP contribution in [-0.4, -0.2) is 86.4 Å². The first-order chi connectivity index (χ1) is 17.2. The van der Waals surface area contributed by atoms with E-state index in [1.807, 2.05) is 21.9 Å². The van der Waals surface area contributed by atoms with E-state index in [-0.39, 0.29) is 11.8 Å². The summed E-state index contributed by atoms with van der Waals surface area (Å²) in [5.74, 6) is 0.897. The van der Waals surface area contributed by atoms with Crippen molar-refractivity contribution in [2.75, 3.05) is 59.8 Å². The largest absolute Gasteiger partial charge is 0.497 e. The molecule has 0 spiro atoms. The number of carbonyl (C=O) groups is 2. The molecule has 0 atom stereocenters. The van der Waals surface area contributed by atoms with E-state index in [1.165, 1.54) is 0 Å². The Morgan fingerprint density at radius 2 is 1.11 bits per heavy atom. The molecule has 3 rings (SSSR count). The fourth-order valence-electron chi connectivity index (χ4n) is 4.34. The molecule has 196 valence electrons. The minimum absolute atomic E-state index is 0.115. The van der Waals surface area contributed by atoms with Crippen molar-refractivity contribution in [2.24, 2.45) is 0 Å². The SMILES string of the molecule is COc1cc2nc(c1)CN1CCOCCOCCOCCN(C2)C(=O)CCCCCCCCC1=O. The van der Waals surface area contributed by atoms with Gasteiger partial charge in [-0.15, -0.1) is 0 Å². The van der Waals surface area contributed by atoms with E-state index in [1.54, 1.807) is 7.11 Å². The molecule has 1 aromatic heterocycles. The van der Waals surface area contributed by atoms with Crippen molar-refractivity contribution in [1.82, 2.24) is 14.8 Å². The third-order valence-corrected chi connectivity index (χ3v) is 6.34. The number of pyridine rings is 1. The number of methoxy groups -OCH3 is 1. The van der Waals surface area contributed by atoms with E-state index in [0.717, 1.165) is 49.9 Å². The number of amides is 2. The van der Waals surface area contributed by atoms with Gasteiger partial charge in [-0.1, -0.05) is 25.7 Å². The Morgan fingerprint density at radius 3 is 1.57 bits per heavy atom. The van der Waals surface area contributed by atoms with E-state index >= 15 is 0 Å². The minimum atomic E-state index is 0.115. The summed E-state index contributed by atoms with van der Waals surface area (Å²) >= 11 is 0. The second-order valence-corrected chi connectivity index (χ2v) is 9.08. The Bertz CT molecular complexity index is 732. The molecule has 2 amide bonds. The van der Waals surface area contributed by atoms with Crippen LogP contribution < -0.4 is 4.74 Å². The molecule has 0 aliphatic carbocycles. The molecule has 9 nitrogen and oxygen atoms in total. The van der Waals surface area contributed by atoms with Crippen molar-refractivity contribution in [3.05, 3.63) is 23.5 Å². The molecule has 9 heteroatoms. The quantitative estimate of drug-likeness (QED) is 0.597. The van der Waals surface area contributed by atoms with Gasteiger partial charge in [0.25, 0.3) is 0 Å². The van der Waals surface area contributed by atoms with Gasteiger partial charge in [-0.25, -0.2) is 0 Å². The van der Waals surface area contributed by atoms with Gasteiger partial charge in [-0.05, 0) is 12.8 Å². The number of rotatable bonds is 1. The molecule has 2 aliphatic rings. The summed E-state index contributed by atoms with van der Waals surface area (Å²) in [6.07, 6.45) is 6.99. The molecule has 35 heavy (non-hydrogen) atoms. The average molecular weight is 492 g/mol. The van der Waals surface area contributed by atoms with Crippen molar-refractivity contribution in [3.8, 4) is 5.75 Å². The first-order valence-electron chi connectivity index (χ1n) is 13.0. The lowest BCUT2D eigenvalue weighted by Gasteiger charge is -2.25. The predicted molar refractivity (Wildman–Crippen MR) is 131 cm³/mol. The predicted octanol–water partition coefficient (Wildman–Crippen LogP) is 2.95. The first-order valence-corrected chi connectivity index (χ1v) is 13.0. The van der Waals surface area contributed by atoms with Crippen LogP contribution in [0.1, 0.15) is 62.8 Å². The smallest absolute Gasteiger partial charge is 0.222 e. The third kappa shape index (κ3) is 10.1. The second kappa shape index (κ2) is 15.7. The summed E-state index contributed by atoms with van der Waals surface area (Å²) in [7, 11) is 1.62. The molecule has 1 aromatic rings. The van der Waals surface area contributed by atoms with Crippen molar-refractivity contribution in [1.29, 1.82) is 0 Å². The van der Waals surface area contributed by atoms with E-state index in [9.17, 15) is 9.59 Å². The number of fused-ring (bicyclic) bond motifs is 2. The monoisotopic (exact) mass is 491 g/mol. The van der Waals surface area contributed by atoms with Gasteiger partial charge in [0.05, 0.1) is 71.2 Å². The molecule has 0 radical (unpaired) electrons. The number of nitrogens with zero attached hydrogens (tertiary/aromatic N) is 3. The molecular weight excluding hydrogens is 450 g/mol. The summed E-state index contributed by atoms with van der Waals surface area (Å²) in [5, 5.41) is 0. The molecule has 3 heterocycles. The van der Waals surface area contributed by atoms with E-state index in [2.05, 4.69) is 0 Å². The van der Waals surface area contributed by atoms with Gasteiger partial charge in [0.1, 0.15) is 5.75 Å². The molecule has 0 unspecified atom stereocenters. The van der Waals surface area contributed by atoms with Gasteiger partial charge in [0.15, 0.2) is 0 Å². The molecular formula is C26H41N3O6. The number of carbonyl (C=O) groups excluding carboxylic acids is 2. The topological polar surface area (TPSA) is 90.4 Å². The van der Waals surface area contributed by atoms with Gasteiger partial charge in [-0.3, -0.25) is 14.6 Å². The molecule has 0 aromatic carbocycles. The van der Waals surface area contributed by atoms with Crippen LogP contribution in [0.4, 0.5) is 0 Å². The Morgan fingerprint density at radius 1 is 0.686 bits per heavy atom. The highest BCUT2D eigenvalue weighted by Crippen LogP contribution is 2.19. The van der Waals surface area contributed by atoms with Gasteiger partial charge in [0, 0.05) is 38.1 Å². The van der Waals surface area contributed by atoms with Crippen LogP contribution in [0, 0.1) is 0 Å². The lowest BCUT2D eigenvalue weighted by atomic mass is 10.1. The Kier molecular flexibility index (Phi) is 12.3. The van der Waals surface area contributed by atoms with Gasteiger partial charge < -0.3 is 28.7 Å². The second-order valence-electron chi connectivity index (χ2n) is 9.08. The van der Waals surface area contributed by atoms with Crippen LogP contribution in [0.25, 0.3) is 0 Å². The number of hydrogen-bond donors (Lipinski definition) is 0. The van der Waals surface area contributed by atoms with Gasteiger partial charge in [-0.2, -0.15) is 0 Å². The number of hydrogen-bond acceptors (Lipinski definition) is 7. The summed E-state index contributed by atoms with van der Waals surface area (Å²) in [5.41, 5.74) is 1.48. The summed E-state index contributed by atoms with van der Waals surface area (Å²) in [4.78, 5) is 34.6. The molecule has 0 saturated heterocycles. The normalized spacial score (nSPS) is 21.2. The molecule has 0 N–H and O–H groups in total. The maximum atomic E-state index is 13.1. The van der Waals surface area contributed by atoms with E-state index in [4.69, 9.17) is 23.9 Å². The summed E-state index contributed by atoms with van der Waals surface area (Å²) in [6, 6.07) is 3.72. The van der Waals surface area contributed by atoms with Crippen molar-refractivity contribution < 1.29 is 28.5 Å². The molecule has 0 saturated carbocycles.